The molecule has 0 spiro atoms. The monoisotopic (exact) mass is 475 g/mol. The first-order valence-corrected chi connectivity index (χ1v) is 11.6. The number of carbonyl (C=O) groups excluding carboxylic acids is 2. The van der Waals surface area contributed by atoms with Crippen LogP contribution in [-0.2, 0) is 16.1 Å². The Labute approximate surface area is 201 Å². The highest BCUT2D eigenvalue weighted by molar-refractivity contribution is 5.92. The van der Waals surface area contributed by atoms with Crippen LogP contribution in [0.4, 0.5) is 4.79 Å². The molecule has 0 saturated heterocycles. The van der Waals surface area contributed by atoms with E-state index in [1.165, 1.54) is 6.07 Å². The van der Waals surface area contributed by atoms with E-state index in [1.807, 2.05) is 36.4 Å². The van der Waals surface area contributed by atoms with Crippen LogP contribution in [-0.4, -0.2) is 40.9 Å². The molecule has 2 aromatic carbocycles. The molecule has 9 heteroatoms. The van der Waals surface area contributed by atoms with Crippen LogP contribution in [0, 0.1) is 5.92 Å². The zero-order valence-electron chi connectivity index (χ0n) is 18.9. The molecule has 1 heterocycles. The van der Waals surface area contributed by atoms with Crippen molar-refractivity contribution >= 4 is 18.0 Å². The van der Waals surface area contributed by atoms with Gasteiger partial charge in [0.25, 0.3) is 5.91 Å². The zero-order chi connectivity index (χ0) is 24.4. The number of aromatic nitrogens is 1. The molecule has 0 aliphatic heterocycles. The maximum atomic E-state index is 12.4. The van der Waals surface area contributed by atoms with Gasteiger partial charge in [0.2, 0.25) is 0 Å². The van der Waals surface area contributed by atoms with Crippen LogP contribution in [0.5, 0.6) is 0 Å². The molecule has 2 atom stereocenters. The van der Waals surface area contributed by atoms with Crippen LogP contribution in [0.15, 0.2) is 59.1 Å². The van der Waals surface area contributed by atoms with Crippen molar-refractivity contribution in [3.05, 3.63) is 77.2 Å². The van der Waals surface area contributed by atoms with Gasteiger partial charge in [0, 0.05) is 18.0 Å². The molecule has 35 heavy (non-hydrogen) atoms. The van der Waals surface area contributed by atoms with Gasteiger partial charge >= 0.3 is 12.1 Å². The minimum Gasteiger partial charge on any atom is -0.481 e. The van der Waals surface area contributed by atoms with Crippen LogP contribution in [0.1, 0.15) is 52.6 Å². The van der Waals surface area contributed by atoms with Crippen LogP contribution < -0.4 is 10.6 Å². The number of fused-ring (bicyclic) bond motifs is 3. The van der Waals surface area contributed by atoms with E-state index in [0.717, 1.165) is 28.7 Å². The molecule has 5 rings (SSSR count). The highest BCUT2D eigenvalue weighted by Crippen LogP contribution is 2.44. The second kappa shape index (κ2) is 9.61. The summed E-state index contributed by atoms with van der Waals surface area (Å²) in [4.78, 5) is 36.1. The maximum absolute atomic E-state index is 12.4. The lowest BCUT2D eigenvalue weighted by Crippen LogP contribution is -2.40. The summed E-state index contributed by atoms with van der Waals surface area (Å²) in [5.41, 5.74) is 4.58. The summed E-state index contributed by atoms with van der Waals surface area (Å²) in [7, 11) is 0. The largest absolute Gasteiger partial charge is 0.481 e. The van der Waals surface area contributed by atoms with Gasteiger partial charge in [0.05, 0.1) is 12.5 Å². The quantitative estimate of drug-likeness (QED) is 0.475. The summed E-state index contributed by atoms with van der Waals surface area (Å²) in [5.74, 6) is -1.77. The van der Waals surface area contributed by atoms with Gasteiger partial charge in [-0.05, 0) is 35.1 Å². The minimum absolute atomic E-state index is 0.00185. The van der Waals surface area contributed by atoms with Gasteiger partial charge in [0.1, 0.15) is 6.61 Å². The summed E-state index contributed by atoms with van der Waals surface area (Å²) in [5, 5.41) is 18.3. The van der Waals surface area contributed by atoms with Crippen molar-refractivity contribution in [3.63, 3.8) is 0 Å². The van der Waals surface area contributed by atoms with E-state index >= 15 is 0 Å². The smallest absolute Gasteiger partial charge is 0.407 e. The maximum Gasteiger partial charge on any atom is 0.407 e. The fourth-order valence-corrected chi connectivity index (χ4v) is 4.98. The Balaban J connectivity index is 1.14. The normalized spacial score (nSPS) is 18.5. The predicted molar refractivity (Wildman–Crippen MR) is 125 cm³/mol. The van der Waals surface area contributed by atoms with Gasteiger partial charge < -0.3 is 25.0 Å². The first-order valence-electron chi connectivity index (χ1n) is 11.6. The van der Waals surface area contributed by atoms with Gasteiger partial charge in [-0.25, -0.2) is 4.79 Å². The Morgan fingerprint density at radius 2 is 1.71 bits per heavy atom. The van der Waals surface area contributed by atoms with E-state index in [9.17, 15) is 19.5 Å². The highest BCUT2D eigenvalue weighted by atomic mass is 16.5. The molecular formula is C26H25N3O6. The number of benzene rings is 2. The van der Waals surface area contributed by atoms with E-state index in [1.54, 1.807) is 0 Å². The van der Waals surface area contributed by atoms with Crippen molar-refractivity contribution in [2.75, 3.05) is 6.61 Å². The standard InChI is InChI=1S/C26H25N3O6/c30-24(28-22-11-5-10-20(22)25(31)32)23-12-15(35-29-23)13-27-26(33)34-14-21-18-8-3-1-6-16(18)17-7-2-4-9-19(17)21/h1-4,6-9,12,20-22H,5,10-11,13-14H2,(H,27,33)(H,28,30)(H,31,32)/t20-,22+/m1/s1. The molecule has 2 aliphatic carbocycles. The number of ether oxygens (including phenoxy) is 1. The molecular weight excluding hydrogens is 450 g/mol. The number of carboxylic acid groups (broad SMARTS) is 1. The Morgan fingerprint density at radius 3 is 2.40 bits per heavy atom. The zero-order valence-corrected chi connectivity index (χ0v) is 18.9. The van der Waals surface area contributed by atoms with Gasteiger partial charge in [-0.15, -0.1) is 0 Å². The number of nitrogens with one attached hydrogen (secondary N) is 2. The Kier molecular flexibility index (Phi) is 6.22. The molecule has 180 valence electrons. The summed E-state index contributed by atoms with van der Waals surface area (Å²) in [6.45, 7) is 0.189. The number of hydrogen-bond acceptors (Lipinski definition) is 6. The molecule has 3 N–H and O–H groups in total. The topological polar surface area (TPSA) is 131 Å². The minimum atomic E-state index is -0.916. The molecule has 2 amide bonds. The number of rotatable bonds is 7. The molecule has 1 fully saturated rings. The van der Waals surface area contributed by atoms with Crippen molar-refractivity contribution in [3.8, 4) is 11.1 Å². The third-order valence-electron chi connectivity index (χ3n) is 6.69. The number of aliphatic carboxylic acids is 1. The second-order valence-electron chi connectivity index (χ2n) is 8.81. The van der Waals surface area contributed by atoms with Crippen LogP contribution in [0.25, 0.3) is 11.1 Å². The van der Waals surface area contributed by atoms with Gasteiger partial charge in [0.15, 0.2) is 11.5 Å². The lowest BCUT2D eigenvalue weighted by atomic mass is 9.98. The third kappa shape index (κ3) is 4.62. The molecule has 0 bridgehead atoms. The van der Waals surface area contributed by atoms with Gasteiger partial charge in [-0.2, -0.15) is 0 Å². The summed E-state index contributed by atoms with van der Waals surface area (Å²) in [6.07, 6.45) is 1.28. The molecule has 1 saturated carbocycles. The van der Waals surface area contributed by atoms with Crippen molar-refractivity contribution < 1.29 is 28.8 Å². The van der Waals surface area contributed by atoms with E-state index in [0.29, 0.717) is 12.8 Å². The number of hydrogen-bond donors (Lipinski definition) is 3. The number of alkyl carbamates (subject to hydrolysis) is 1. The lowest BCUT2D eigenvalue weighted by Gasteiger charge is -2.16. The van der Waals surface area contributed by atoms with E-state index in [4.69, 9.17) is 9.26 Å². The lowest BCUT2D eigenvalue weighted by molar-refractivity contribution is -0.142. The number of nitrogens with zero attached hydrogens (tertiary/aromatic N) is 1. The first kappa shape index (κ1) is 22.6. The Morgan fingerprint density at radius 1 is 1.03 bits per heavy atom. The van der Waals surface area contributed by atoms with E-state index in [2.05, 4.69) is 27.9 Å². The van der Waals surface area contributed by atoms with Gasteiger partial charge in [-0.3, -0.25) is 9.59 Å². The van der Waals surface area contributed by atoms with Crippen molar-refractivity contribution in [1.29, 1.82) is 0 Å². The summed E-state index contributed by atoms with van der Waals surface area (Å²) < 4.78 is 10.6. The Hall–Kier alpha value is -4.14. The SMILES string of the molecule is O=C(NCc1cc(C(=O)N[C@H]2CCC[C@H]2C(=O)O)no1)OCC1c2ccccc2-c2ccccc21. The third-order valence-corrected chi connectivity index (χ3v) is 6.69. The van der Waals surface area contributed by atoms with Crippen molar-refractivity contribution in [2.45, 2.75) is 37.8 Å². The fraction of sp³-hybridized carbons (Fsp3) is 0.308. The molecule has 0 radical (unpaired) electrons. The molecule has 9 nitrogen and oxygen atoms in total. The Bertz CT molecular complexity index is 1220. The number of amides is 2. The molecule has 1 aromatic heterocycles. The predicted octanol–water partition coefficient (Wildman–Crippen LogP) is 3.70. The highest BCUT2D eigenvalue weighted by Gasteiger charge is 2.34. The summed E-state index contributed by atoms with van der Waals surface area (Å²) in [6, 6.07) is 17.2. The number of carboxylic acids is 1. The average Bonchev–Trinajstić information content (AvgIpc) is 3.59. The van der Waals surface area contributed by atoms with E-state index < -0.39 is 29.9 Å². The summed E-state index contributed by atoms with van der Waals surface area (Å²) >= 11 is 0. The molecule has 3 aromatic rings. The number of carbonyl (C=O) groups is 3. The fourth-order valence-electron chi connectivity index (χ4n) is 4.98. The van der Waals surface area contributed by atoms with Gasteiger partial charge in [-0.1, -0.05) is 60.1 Å². The average molecular weight is 476 g/mol. The van der Waals surface area contributed by atoms with Crippen molar-refractivity contribution in [1.82, 2.24) is 15.8 Å². The van der Waals surface area contributed by atoms with Crippen molar-refractivity contribution in [2.24, 2.45) is 5.92 Å². The van der Waals surface area contributed by atoms with E-state index in [-0.39, 0.29) is 30.5 Å². The molecule has 0 unspecified atom stereocenters. The molecule has 2 aliphatic rings. The van der Waals surface area contributed by atoms with Crippen LogP contribution in [0.2, 0.25) is 0 Å². The first-order chi connectivity index (χ1) is 17.0. The second-order valence-corrected chi connectivity index (χ2v) is 8.81. The van der Waals surface area contributed by atoms with Crippen LogP contribution in [0.3, 0.4) is 0 Å². The van der Waals surface area contributed by atoms with Crippen LogP contribution >= 0.6 is 0 Å².